The lowest BCUT2D eigenvalue weighted by atomic mass is 10.2. The predicted molar refractivity (Wildman–Crippen MR) is 77.0 cm³/mol. The Hall–Kier alpha value is -1.87. The lowest BCUT2D eigenvalue weighted by Crippen LogP contribution is -2.66. The van der Waals surface area contributed by atoms with Crippen molar-refractivity contribution in [3.8, 4) is 11.5 Å². The van der Waals surface area contributed by atoms with Crippen molar-refractivity contribution in [2.75, 3.05) is 13.2 Å². The normalized spacial score (nSPS) is 25.6. The lowest BCUT2D eigenvalue weighted by molar-refractivity contribution is -0.317. The first-order valence-corrected chi connectivity index (χ1v) is 7.59. The zero-order valence-corrected chi connectivity index (χ0v) is 13.0. The van der Waals surface area contributed by atoms with Crippen LogP contribution in [0.3, 0.4) is 0 Å². The van der Waals surface area contributed by atoms with Crippen LogP contribution in [0, 0.1) is 0 Å². The Kier molecular flexibility index (Phi) is 4.39. The summed E-state index contributed by atoms with van der Waals surface area (Å²) in [7, 11) is 0. The van der Waals surface area contributed by atoms with E-state index in [9.17, 15) is 18.0 Å². The molecule has 2 unspecified atom stereocenters. The Morgan fingerprint density at radius 3 is 2.75 bits per heavy atom. The largest absolute Gasteiger partial charge is 0.492 e. The number of alkyl halides is 3. The molecule has 0 spiro atoms. The van der Waals surface area contributed by atoms with Crippen LogP contribution in [0.5, 0.6) is 11.5 Å². The highest BCUT2D eigenvalue weighted by Crippen LogP contribution is 2.46. The molecule has 2 heterocycles. The van der Waals surface area contributed by atoms with Gasteiger partial charge in [0, 0.05) is 24.2 Å². The van der Waals surface area contributed by atoms with Crippen molar-refractivity contribution in [1.82, 2.24) is 10.6 Å². The van der Waals surface area contributed by atoms with Crippen LogP contribution in [-0.4, -0.2) is 37.4 Å². The average molecular weight is 367 g/mol. The summed E-state index contributed by atoms with van der Waals surface area (Å²) >= 11 is 5.73. The summed E-state index contributed by atoms with van der Waals surface area (Å²) in [6, 6.07) is 2.68. The molecule has 1 saturated heterocycles. The molecule has 2 amide bonds. The summed E-state index contributed by atoms with van der Waals surface area (Å²) in [5.41, 5.74) is 0. The van der Waals surface area contributed by atoms with Crippen molar-refractivity contribution in [1.29, 1.82) is 0 Å². The van der Waals surface area contributed by atoms with E-state index < -0.39 is 18.1 Å². The molecule has 0 aliphatic carbocycles. The van der Waals surface area contributed by atoms with Gasteiger partial charge in [-0.05, 0) is 25.0 Å². The van der Waals surface area contributed by atoms with Gasteiger partial charge in [-0.25, -0.2) is 4.79 Å². The predicted octanol–water partition coefficient (Wildman–Crippen LogP) is 2.81. The second-order valence-electron chi connectivity index (χ2n) is 5.38. The highest BCUT2D eigenvalue weighted by atomic mass is 35.5. The van der Waals surface area contributed by atoms with Gasteiger partial charge in [-0.15, -0.1) is 0 Å². The van der Waals surface area contributed by atoms with E-state index in [1.54, 1.807) is 5.32 Å². The van der Waals surface area contributed by atoms with Gasteiger partial charge in [0.2, 0.25) is 0 Å². The van der Waals surface area contributed by atoms with E-state index in [1.807, 2.05) is 0 Å². The van der Waals surface area contributed by atoms with Gasteiger partial charge in [-0.3, -0.25) is 5.32 Å². The van der Waals surface area contributed by atoms with Crippen LogP contribution in [-0.2, 0) is 4.74 Å². The summed E-state index contributed by atoms with van der Waals surface area (Å²) < 4.78 is 55.3. The number of amides is 2. The quantitative estimate of drug-likeness (QED) is 0.863. The van der Waals surface area contributed by atoms with E-state index in [2.05, 4.69) is 5.32 Å². The molecule has 6 nitrogen and oxygen atoms in total. The number of fused-ring (bicyclic) bond motifs is 1. The zero-order chi connectivity index (χ0) is 17.4. The first-order chi connectivity index (χ1) is 11.3. The summed E-state index contributed by atoms with van der Waals surface area (Å²) in [5.74, 6) is -3.68. The first kappa shape index (κ1) is 17.0. The highest BCUT2D eigenvalue weighted by molar-refractivity contribution is 6.30. The van der Waals surface area contributed by atoms with Crippen LogP contribution in [0.25, 0.3) is 0 Å². The van der Waals surface area contributed by atoms with Crippen molar-refractivity contribution in [2.45, 2.75) is 31.0 Å². The van der Waals surface area contributed by atoms with Crippen LogP contribution in [0.2, 0.25) is 5.02 Å². The molecule has 2 atom stereocenters. The summed E-state index contributed by atoms with van der Waals surface area (Å²) in [6.07, 6.45) is -3.64. The number of carbonyl (C=O) groups is 1. The fourth-order valence-corrected chi connectivity index (χ4v) is 2.58. The van der Waals surface area contributed by atoms with Gasteiger partial charge in [0.05, 0.1) is 6.10 Å². The van der Waals surface area contributed by atoms with E-state index in [0.29, 0.717) is 6.61 Å². The number of ether oxygens (including phenoxy) is 3. The van der Waals surface area contributed by atoms with Crippen LogP contribution in [0.4, 0.5) is 18.0 Å². The molecule has 2 aliphatic rings. The molecular formula is C14H14ClF3N2O4. The van der Waals surface area contributed by atoms with Gasteiger partial charge in [-0.1, -0.05) is 11.6 Å². The zero-order valence-electron chi connectivity index (χ0n) is 12.3. The van der Waals surface area contributed by atoms with E-state index in [1.165, 1.54) is 18.2 Å². The van der Waals surface area contributed by atoms with Gasteiger partial charge in [0.1, 0.15) is 0 Å². The molecule has 3 rings (SSSR count). The van der Waals surface area contributed by atoms with E-state index in [0.717, 1.165) is 12.8 Å². The van der Waals surface area contributed by atoms with Crippen molar-refractivity contribution < 1.29 is 32.2 Å². The number of benzene rings is 1. The van der Waals surface area contributed by atoms with Gasteiger partial charge in [0.15, 0.2) is 11.5 Å². The molecule has 1 aromatic rings. The second-order valence-corrected chi connectivity index (χ2v) is 5.82. The Balaban J connectivity index is 1.70. The molecule has 0 saturated carbocycles. The highest BCUT2D eigenvalue weighted by Gasteiger charge is 2.65. The van der Waals surface area contributed by atoms with E-state index >= 15 is 0 Å². The smallest absolute Gasteiger partial charge is 0.424 e. The third-order valence-electron chi connectivity index (χ3n) is 3.58. The van der Waals surface area contributed by atoms with Crippen LogP contribution < -0.4 is 20.1 Å². The summed E-state index contributed by atoms with van der Waals surface area (Å²) in [6.45, 7) is 0.668. The minimum absolute atomic E-state index is 0.0958. The second kappa shape index (κ2) is 6.21. The number of carbonyl (C=O) groups excluding carboxylic acids is 1. The number of rotatable bonds is 3. The molecule has 0 aromatic heterocycles. The number of hydrogen-bond donors (Lipinski definition) is 2. The van der Waals surface area contributed by atoms with Gasteiger partial charge in [0.25, 0.3) is 0 Å². The molecule has 24 heavy (non-hydrogen) atoms. The molecule has 10 heteroatoms. The Morgan fingerprint density at radius 1 is 1.33 bits per heavy atom. The first-order valence-electron chi connectivity index (χ1n) is 7.21. The van der Waals surface area contributed by atoms with Crippen molar-refractivity contribution in [3.63, 3.8) is 0 Å². The van der Waals surface area contributed by atoms with Gasteiger partial charge >= 0.3 is 18.1 Å². The third kappa shape index (κ3) is 3.32. The molecule has 0 radical (unpaired) electrons. The number of hydrogen-bond acceptors (Lipinski definition) is 4. The number of nitrogens with one attached hydrogen (secondary N) is 2. The van der Waals surface area contributed by atoms with Gasteiger partial charge < -0.3 is 19.5 Å². The van der Waals surface area contributed by atoms with E-state index in [4.69, 9.17) is 25.8 Å². The maximum atomic E-state index is 13.4. The maximum absolute atomic E-state index is 13.4. The molecule has 132 valence electrons. The fourth-order valence-electron chi connectivity index (χ4n) is 2.42. The molecule has 2 aliphatic heterocycles. The topological polar surface area (TPSA) is 68.8 Å². The van der Waals surface area contributed by atoms with Gasteiger partial charge in [-0.2, -0.15) is 13.2 Å². The van der Waals surface area contributed by atoms with Crippen molar-refractivity contribution in [3.05, 3.63) is 23.2 Å². The monoisotopic (exact) mass is 366 g/mol. The van der Waals surface area contributed by atoms with Crippen molar-refractivity contribution in [2.24, 2.45) is 0 Å². The molecule has 1 aromatic carbocycles. The third-order valence-corrected chi connectivity index (χ3v) is 3.81. The van der Waals surface area contributed by atoms with E-state index in [-0.39, 0.29) is 29.2 Å². The minimum atomic E-state index is -5.01. The van der Waals surface area contributed by atoms with Crippen molar-refractivity contribution >= 4 is 17.6 Å². The van der Waals surface area contributed by atoms with Crippen LogP contribution in [0.15, 0.2) is 18.2 Å². The molecule has 0 bridgehead atoms. The Labute approximate surface area is 140 Å². The average Bonchev–Trinajstić information content (AvgIpc) is 3.11. The standard InChI is InChI=1S/C14H14ClF3N2O4/c15-8-3-4-10-11(6-8)24-14(23-10,13(16,17)18)20-12(21)19-7-9-2-1-5-22-9/h3-4,6,9H,1-2,5,7H2,(H2,19,20,21). The lowest BCUT2D eigenvalue weighted by Gasteiger charge is -2.29. The molecular weight excluding hydrogens is 353 g/mol. The number of urea groups is 1. The van der Waals surface area contributed by atoms with Crippen LogP contribution >= 0.6 is 11.6 Å². The summed E-state index contributed by atoms with van der Waals surface area (Å²) in [5, 5.41) is 4.21. The fraction of sp³-hybridized carbons (Fsp3) is 0.500. The summed E-state index contributed by atoms with van der Waals surface area (Å²) in [4.78, 5) is 11.9. The maximum Gasteiger partial charge on any atom is 0.492 e. The molecule has 2 N–H and O–H groups in total. The minimum Gasteiger partial charge on any atom is -0.424 e. The van der Waals surface area contributed by atoms with Crippen LogP contribution in [0.1, 0.15) is 12.8 Å². The SMILES string of the molecule is O=C(NCC1CCCO1)NC1(C(F)(F)F)Oc2ccc(Cl)cc2O1. The Bertz CT molecular complexity index is 637. The Morgan fingerprint density at radius 2 is 2.08 bits per heavy atom. The number of halogens is 4. The molecule has 1 fully saturated rings.